The number of hydrogen-bond acceptors (Lipinski definition) is 2. The van der Waals surface area contributed by atoms with Gasteiger partial charge in [0.1, 0.15) is 0 Å². The first-order valence-electron chi connectivity index (χ1n) is 3.76. The highest BCUT2D eigenvalue weighted by molar-refractivity contribution is 5.81. The van der Waals surface area contributed by atoms with Crippen LogP contribution in [0.5, 0.6) is 0 Å². The van der Waals surface area contributed by atoms with Crippen LogP contribution in [-0.4, -0.2) is 18.4 Å². The van der Waals surface area contributed by atoms with Gasteiger partial charge in [0.05, 0.1) is 0 Å². The maximum absolute atomic E-state index is 10.9. The van der Waals surface area contributed by atoms with Gasteiger partial charge in [-0.1, -0.05) is 0 Å². The largest absolute Gasteiger partial charge is 0.370 e. The number of primary amides is 1. The average Bonchev–Trinajstić information content (AvgIpc) is 2.66. The zero-order valence-corrected chi connectivity index (χ0v) is 6.30. The normalized spacial score (nSPS) is 16.0. The van der Waals surface area contributed by atoms with Crippen molar-refractivity contribution in [2.45, 2.75) is 19.3 Å². The minimum absolute atomic E-state index is 0.0613. The fourth-order valence-corrected chi connectivity index (χ4v) is 0.799. The van der Waals surface area contributed by atoms with Crippen molar-refractivity contribution in [2.75, 3.05) is 6.54 Å². The number of rotatable bonds is 4. The zero-order valence-electron chi connectivity index (χ0n) is 6.30. The first-order valence-corrected chi connectivity index (χ1v) is 3.76. The van der Waals surface area contributed by atoms with Crippen molar-refractivity contribution in [3.8, 4) is 0 Å². The van der Waals surface area contributed by atoms with E-state index < -0.39 is 0 Å². The van der Waals surface area contributed by atoms with Crippen LogP contribution in [0.1, 0.15) is 19.3 Å². The van der Waals surface area contributed by atoms with Gasteiger partial charge in [0.15, 0.2) is 0 Å². The maximum atomic E-state index is 10.9. The summed E-state index contributed by atoms with van der Waals surface area (Å²) in [4.78, 5) is 21.2. The van der Waals surface area contributed by atoms with E-state index >= 15 is 0 Å². The molecule has 0 saturated heterocycles. The van der Waals surface area contributed by atoms with Crippen molar-refractivity contribution < 1.29 is 9.59 Å². The summed E-state index contributed by atoms with van der Waals surface area (Å²) in [6.45, 7) is 0.380. The smallest absolute Gasteiger partial charge is 0.223 e. The molecule has 0 atom stereocenters. The van der Waals surface area contributed by atoms with Crippen molar-refractivity contribution in [1.29, 1.82) is 0 Å². The van der Waals surface area contributed by atoms with Crippen molar-refractivity contribution in [2.24, 2.45) is 11.7 Å². The van der Waals surface area contributed by atoms with Gasteiger partial charge in [-0.15, -0.1) is 0 Å². The Kier molecular flexibility index (Phi) is 2.46. The van der Waals surface area contributed by atoms with E-state index in [9.17, 15) is 9.59 Å². The van der Waals surface area contributed by atoms with Crippen molar-refractivity contribution in [3.05, 3.63) is 0 Å². The molecule has 4 heteroatoms. The van der Waals surface area contributed by atoms with Gasteiger partial charge >= 0.3 is 0 Å². The summed E-state index contributed by atoms with van der Waals surface area (Å²) < 4.78 is 0. The monoisotopic (exact) mass is 156 g/mol. The minimum atomic E-state index is -0.374. The topological polar surface area (TPSA) is 72.2 Å². The Labute approximate surface area is 65.1 Å². The molecule has 0 heterocycles. The number of hydrogen-bond donors (Lipinski definition) is 2. The summed E-state index contributed by atoms with van der Waals surface area (Å²) >= 11 is 0. The standard InChI is InChI=1S/C7H12N2O2/c8-6(10)3-4-9-7(11)5-1-2-5/h5H,1-4H2,(H2,8,10)(H,9,11). The van der Waals surface area contributed by atoms with Crippen LogP contribution in [0.2, 0.25) is 0 Å². The van der Waals surface area contributed by atoms with Crippen LogP contribution in [0.25, 0.3) is 0 Å². The van der Waals surface area contributed by atoms with E-state index in [0.717, 1.165) is 12.8 Å². The second kappa shape index (κ2) is 3.37. The first kappa shape index (κ1) is 8.04. The number of carbonyl (C=O) groups is 2. The fourth-order valence-electron chi connectivity index (χ4n) is 0.799. The van der Waals surface area contributed by atoms with Crippen LogP contribution in [0.15, 0.2) is 0 Å². The number of nitrogens with two attached hydrogens (primary N) is 1. The zero-order chi connectivity index (χ0) is 8.27. The number of carbonyl (C=O) groups excluding carboxylic acids is 2. The van der Waals surface area contributed by atoms with E-state index in [2.05, 4.69) is 5.32 Å². The highest BCUT2D eigenvalue weighted by Gasteiger charge is 2.28. The highest BCUT2D eigenvalue weighted by atomic mass is 16.2. The predicted molar refractivity (Wildman–Crippen MR) is 39.5 cm³/mol. The number of nitrogens with one attached hydrogen (secondary N) is 1. The summed E-state index contributed by atoms with van der Waals surface area (Å²) in [7, 11) is 0. The second-order valence-corrected chi connectivity index (χ2v) is 2.78. The van der Waals surface area contributed by atoms with Gasteiger partial charge < -0.3 is 11.1 Å². The molecule has 1 rings (SSSR count). The molecule has 0 aromatic carbocycles. The molecule has 0 aromatic heterocycles. The molecule has 1 fully saturated rings. The molecular formula is C7H12N2O2. The summed E-state index contributed by atoms with van der Waals surface area (Å²) in [5, 5.41) is 2.64. The van der Waals surface area contributed by atoms with Crippen molar-refractivity contribution in [3.63, 3.8) is 0 Å². The SMILES string of the molecule is NC(=O)CCNC(=O)C1CC1. The van der Waals surface area contributed by atoms with Gasteiger partial charge in [-0.25, -0.2) is 0 Å². The molecule has 0 radical (unpaired) electrons. The van der Waals surface area contributed by atoms with Gasteiger partial charge in [0, 0.05) is 18.9 Å². The van der Waals surface area contributed by atoms with Crippen LogP contribution in [0.3, 0.4) is 0 Å². The van der Waals surface area contributed by atoms with Gasteiger partial charge in [0.25, 0.3) is 0 Å². The molecule has 0 bridgehead atoms. The third kappa shape index (κ3) is 3.02. The van der Waals surface area contributed by atoms with Crippen LogP contribution < -0.4 is 11.1 Å². The quantitative estimate of drug-likeness (QED) is 0.569. The van der Waals surface area contributed by atoms with E-state index in [-0.39, 0.29) is 24.2 Å². The minimum Gasteiger partial charge on any atom is -0.370 e. The van der Waals surface area contributed by atoms with E-state index in [1.807, 2.05) is 0 Å². The molecule has 1 saturated carbocycles. The van der Waals surface area contributed by atoms with Crippen LogP contribution in [-0.2, 0) is 9.59 Å². The molecule has 4 nitrogen and oxygen atoms in total. The van der Waals surface area contributed by atoms with Crippen molar-refractivity contribution >= 4 is 11.8 Å². The Morgan fingerprint density at radius 1 is 1.45 bits per heavy atom. The van der Waals surface area contributed by atoms with Crippen LogP contribution >= 0.6 is 0 Å². The summed E-state index contributed by atoms with van der Waals surface area (Å²) in [5.74, 6) is -0.102. The molecule has 0 aliphatic heterocycles. The van der Waals surface area contributed by atoms with E-state index in [1.54, 1.807) is 0 Å². The van der Waals surface area contributed by atoms with E-state index in [0.29, 0.717) is 6.54 Å². The lowest BCUT2D eigenvalue weighted by Gasteiger charge is -2.00. The second-order valence-electron chi connectivity index (χ2n) is 2.78. The summed E-state index contributed by atoms with van der Waals surface area (Å²) in [6.07, 6.45) is 2.21. The first-order chi connectivity index (χ1) is 5.20. The van der Waals surface area contributed by atoms with Crippen molar-refractivity contribution in [1.82, 2.24) is 5.32 Å². The molecule has 0 spiro atoms. The summed E-state index contributed by atoms with van der Waals surface area (Å²) in [6, 6.07) is 0. The van der Waals surface area contributed by atoms with Crippen LogP contribution in [0, 0.1) is 5.92 Å². The lowest BCUT2D eigenvalue weighted by molar-refractivity contribution is -0.122. The molecule has 0 aromatic rings. The van der Waals surface area contributed by atoms with Crippen LogP contribution in [0.4, 0.5) is 0 Å². The molecule has 3 N–H and O–H groups in total. The Morgan fingerprint density at radius 2 is 2.09 bits per heavy atom. The molecule has 11 heavy (non-hydrogen) atoms. The maximum Gasteiger partial charge on any atom is 0.223 e. The number of amides is 2. The summed E-state index contributed by atoms with van der Waals surface area (Å²) in [5.41, 5.74) is 4.88. The van der Waals surface area contributed by atoms with Gasteiger partial charge in [-0.05, 0) is 12.8 Å². The van der Waals surface area contributed by atoms with Gasteiger partial charge in [-0.3, -0.25) is 9.59 Å². The predicted octanol–water partition coefficient (Wildman–Crippen LogP) is -0.612. The average molecular weight is 156 g/mol. The third-order valence-electron chi connectivity index (χ3n) is 1.62. The Hall–Kier alpha value is -1.06. The Bertz CT molecular complexity index is 175. The Morgan fingerprint density at radius 3 is 2.55 bits per heavy atom. The molecule has 62 valence electrons. The molecule has 2 amide bonds. The fraction of sp³-hybridized carbons (Fsp3) is 0.714. The van der Waals surface area contributed by atoms with Gasteiger partial charge in [0.2, 0.25) is 11.8 Å². The lowest BCUT2D eigenvalue weighted by atomic mass is 10.3. The lowest BCUT2D eigenvalue weighted by Crippen LogP contribution is -2.28. The van der Waals surface area contributed by atoms with Gasteiger partial charge in [-0.2, -0.15) is 0 Å². The molecule has 1 aliphatic rings. The highest BCUT2D eigenvalue weighted by Crippen LogP contribution is 2.28. The Balaban J connectivity index is 2.02. The van der Waals surface area contributed by atoms with E-state index in [4.69, 9.17) is 5.73 Å². The molecule has 0 unspecified atom stereocenters. The third-order valence-corrected chi connectivity index (χ3v) is 1.62. The molecule has 1 aliphatic carbocycles. The van der Waals surface area contributed by atoms with E-state index in [1.165, 1.54) is 0 Å². The molecular weight excluding hydrogens is 144 g/mol.